The van der Waals surface area contributed by atoms with Crippen molar-refractivity contribution in [3.63, 3.8) is 0 Å². The molecule has 0 amide bonds. The van der Waals surface area contributed by atoms with E-state index >= 15 is 0 Å². The Bertz CT molecular complexity index is 1220. The molecule has 0 bridgehead atoms. The number of benzene rings is 2. The summed E-state index contributed by atoms with van der Waals surface area (Å²) in [7, 11) is 2.75. The van der Waals surface area contributed by atoms with Gasteiger partial charge < -0.3 is 9.84 Å². The van der Waals surface area contributed by atoms with E-state index in [0.717, 1.165) is 20.4 Å². The molecule has 31 heavy (non-hydrogen) atoms. The third kappa shape index (κ3) is 5.39. The van der Waals surface area contributed by atoms with E-state index in [9.17, 15) is 14.7 Å². The van der Waals surface area contributed by atoms with Crippen LogP contribution in [-0.4, -0.2) is 31.6 Å². The van der Waals surface area contributed by atoms with Gasteiger partial charge in [-0.1, -0.05) is 29.3 Å². The number of aryl methyl sites for hydroxylation is 1. The quantitative estimate of drug-likeness (QED) is 0.345. The zero-order chi connectivity index (χ0) is 22.5. The van der Waals surface area contributed by atoms with E-state index in [1.807, 2.05) is 31.2 Å². The van der Waals surface area contributed by atoms with Crippen LogP contribution in [0.2, 0.25) is 5.02 Å². The van der Waals surface area contributed by atoms with Crippen LogP contribution in [0, 0.1) is 6.92 Å². The molecule has 1 N–H and O–H groups in total. The second kappa shape index (κ2) is 9.89. The first-order valence-electron chi connectivity index (χ1n) is 9.44. The molecule has 0 radical (unpaired) electrons. The Morgan fingerprint density at radius 1 is 1.06 bits per heavy atom. The number of aromatic nitrogens is 2. The van der Waals surface area contributed by atoms with Crippen molar-refractivity contribution in [3.8, 4) is 11.6 Å². The largest absolute Gasteiger partial charge is 0.494 e. The highest BCUT2D eigenvalue weighted by Crippen LogP contribution is 2.24. The Morgan fingerprint density at radius 3 is 2.35 bits per heavy atom. The molecule has 162 valence electrons. The first kappa shape index (κ1) is 22.7. The zero-order valence-corrected chi connectivity index (χ0v) is 18.9. The highest BCUT2D eigenvalue weighted by atomic mass is 35.5. The Balaban J connectivity index is 1.91. The average Bonchev–Trinajstić information content (AvgIpc) is 2.76. The van der Waals surface area contributed by atoms with Crippen LogP contribution in [0.5, 0.6) is 11.6 Å². The van der Waals surface area contributed by atoms with Gasteiger partial charge in [-0.15, -0.1) is 11.8 Å². The number of hydrogen-bond acceptors (Lipinski definition) is 6. The maximum Gasteiger partial charge on any atom is 0.333 e. The van der Waals surface area contributed by atoms with Crippen LogP contribution < -0.4 is 16.0 Å². The molecular formula is C22H22ClN3O4S. The number of halogens is 1. The summed E-state index contributed by atoms with van der Waals surface area (Å²) < 4.78 is 7.70. The van der Waals surface area contributed by atoms with E-state index in [2.05, 4.69) is 4.99 Å². The summed E-state index contributed by atoms with van der Waals surface area (Å²) in [6.07, 6.45) is 0. The number of ether oxygens (including phenoxy) is 1. The maximum absolute atomic E-state index is 12.8. The van der Waals surface area contributed by atoms with Crippen LogP contribution in [-0.2, 0) is 14.1 Å². The molecule has 0 aliphatic carbocycles. The molecule has 0 spiro atoms. The molecule has 9 heteroatoms. The van der Waals surface area contributed by atoms with Crippen molar-refractivity contribution in [2.75, 3.05) is 12.4 Å². The summed E-state index contributed by atoms with van der Waals surface area (Å²) in [5.41, 5.74) is 0.409. The summed E-state index contributed by atoms with van der Waals surface area (Å²) in [5, 5.41) is 11.4. The molecule has 1 aromatic heterocycles. The van der Waals surface area contributed by atoms with Crippen LogP contribution in [0.3, 0.4) is 0 Å². The zero-order valence-electron chi connectivity index (χ0n) is 17.3. The summed E-state index contributed by atoms with van der Waals surface area (Å²) in [4.78, 5) is 29.4. The highest BCUT2D eigenvalue weighted by molar-refractivity contribution is 8.14. The van der Waals surface area contributed by atoms with Gasteiger partial charge in [0, 0.05) is 24.9 Å². The second-order valence-corrected chi connectivity index (χ2v) is 8.33. The van der Waals surface area contributed by atoms with Crippen LogP contribution in [0.15, 0.2) is 63.1 Å². The Hall–Kier alpha value is -2.97. The van der Waals surface area contributed by atoms with Crippen molar-refractivity contribution >= 4 is 34.1 Å². The first-order chi connectivity index (χ1) is 14.8. The van der Waals surface area contributed by atoms with Crippen molar-refractivity contribution in [1.82, 2.24) is 9.13 Å². The molecule has 3 rings (SSSR count). The minimum Gasteiger partial charge on any atom is -0.494 e. The van der Waals surface area contributed by atoms with Gasteiger partial charge in [0.25, 0.3) is 5.56 Å². The lowest BCUT2D eigenvalue weighted by Crippen LogP contribution is -2.39. The minimum absolute atomic E-state index is 0.0418. The van der Waals surface area contributed by atoms with E-state index in [-0.39, 0.29) is 10.6 Å². The summed E-state index contributed by atoms with van der Waals surface area (Å²) in [5.74, 6) is 0.766. The molecule has 0 aliphatic heterocycles. The number of aromatic hydroxyl groups is 1. The normalized spacial score (nSPS) is 11.5. The van der Waals surface area contributed by atoms with Crippen molar-refractivity contribution in [2.45, 2.75) is 6.92 Å². The number of thioether (sulfide) groups is 1. The molecule has 0 aliphatic rings. The third-order valence-corrected chi connectivity index (χ3v) is 5.71. The average molecular weight is 460 g/mol. The third-order valence-electron chi connectivity index (χ3n) is 4.52. The molecule has 0 saturated heterocycles. The van der Waals surface area contributed by atoms with Gasteiger partial charge in [0.05, 0.1) is 12.3 Å². The maximum atomic E-state index is 12.8. The molecule has 0 saturated carbocycles. The second-order valence-electron chi connectivity index (χ2n) is 6.81. The lowest BCUT2D eigenvalue weighted by atomic mass is 10.2. The molecule has 2 aromatic carbocycles. The highest BCUT2D eigenvalue weighted by Gasteiger charge is 2.21. The van der Waals surface area contributed by atoms with Crippen molar-refractivity contribution in [1.29, 1.82) is 0 Å². The van der Waals surface area contributed by atoms with Gasteiger partial charge in [-0.2, -0.15) is 0 Å². The van der Waals surface area contributed by atoms with E-state index in [4.69, 9.17) is 16.3 Å². The molecule has 7 nitrogen and oxygen atoms in total. The fourth-order valence-electron chi connectivity index (χ4n) is 2.75. The van der Waals surface area contributed by atoms with Gasteiger partial charge in [0.2, 0.25) is 5.88 Å². The van der Waals surface area contributed by atoms with Crippen LogP contribution >= 0.6 is 23.4 Å². The van der Waals surface area contributed by atoms with Crippen molar-refractivity contribution in [2.24, 2.45) is 19.1 Å². The van der Waals surface area contributed by atoms with Crippen molar-refractivity contribution < 1.29 is 9.84 Å². The SMILES string of the molecule is Cc1ccc(OCCSC(=Nc2ccc(Cl)cc2)c2c(O)n(C)c(=O)n(C)c2=O)cc1. The first-order valence-corrected chi connectivity index (χ1v) is 10.8. The number of nitrogens with zero attached hydrogens (tertiary/aromatic N) is 3. The summed E-state index contributed by atoms with van der Waals surface area (Å²) >= 11 is 7.19. The summed E-state index contributed by atoms with van der Waals surface area (Å²) in [6.45, 7) is 2.36. The van der Waals surface area contributed by atoms with Gasteiger partial charge in [-0.05, 0) is 43.3 Å². The smallest absolute Gasteiger partial charge is 0.333 e. The van der Waals surface area contributed by atoms with E-state index < -0.39 is 17.1 Å². The summed E-state index contributed by atoms with van der Waals surface area (Å²) in [6, 6.07) is 14.5. The predicted octanol–water partition coefficient (Wildman–Crippen LogP) is 3.64. The lowest BCUT2D eigenvalue weighted by molar-refractivity contribution is 0.344. The Morgan fingerprint density at radius 2 is 1.71 bits per heavy atom. The topological polar surface area (TPSA) is 85.8 Å². The van der Waals surface area contributed by atoms with Gasteiger partial charge in [0.1, 0.15) is 16.4 Å². The monoisotopic (exact) mass is 459 g/mol. The fourth-order valence-corrected chi connectivity index (χ4v) is 3.73. The van der Waals surface area contributed by atoms with Crippen molar-refractivity contribution in [3.05, 3.63) is 85.5 Å². The van der Waals surface area contributed by atoms with Crippen LogP contribution in [0.1, 0.15) is 11.1 Å². The van der Waals surface area contributed by atoms with E-state index in [0.29, 0.717) is 23.1 Å². The number of hydrogen-bond donors (Lipinski definition) is 1. The van der Waals surface area contributed by atoms with Gasteiger partial charge in [-0.3, -0.25) is 13.9 Å². The molecule has 1 heterocycles. The van der Waals surface area contributed by atoms with E-state index in [1.54, 1.807) is 24.3 Å². The predicted molar refractivity (Wildman–Crippen MR) is 125 cm³/mol. The van der Waals surface area contributed by atoms with Gasteiger partial charge >= 0.3 is 5.69 Å². The van der Waals surface area contributed by atoms with Gasteiger partial charge in [-0.25, -0.2) is 9.79 Å². The van der Waals surface area contributed by atoms with E-state index in [1.165, 1.54) is 25.9 Å². The van der Waals surface area contributed by atoms with Crippen LogP contribution in [0.25, 0.3) is 0 Å². The molecule has 0 atom stereocenters. The molecule has 0 unspecified atom stereocenters. The Kier molecular flexibility index (Phi) is 7.25. The fraction of sp³-hybridized carbons (Fsp3) is 0.227. The molecule has 3 aromatic rings. The van der Waals surface area contributed by atoms with Crippen LogP contribution in [0.4, 0.5) is 5.69 Å². The molecular weight excluding hydrogens is 438 g/mol. The minimum atomic E-state index is -0.625. The van der Waals surface area contributed by atoms with Gasteiger partial charge in [0.15, 0.2) is 0 Å². The lowest BCUT2D eigenvalue weighted by Gasteiger charge is -2.13. The Labute approximate surface area is 188 Å². The number of rotatable bonds is 6. The number of aliphatic imine (C=N–C) groups is 1. The molecule has 0 fully saturated rings. The standard InChI is InChI=1S/C22H22ClN3O4S/c1-14-4-10-17(11-5-14)30-12-13-31-19(24-16-8-6-15(23)7-9-16)18-20(27)25(2)22(29)26(3)21(18)28/h4-11,27H,12-13H2,1-3H3.